The van der Waals surface area contributed by atoms with E-state index in [-0.39, 0.29) is 10.8 Å². The van der Waals surface area contributed by atoms with Gasteiger partial charge in [-0.1, -0.05) is 42.5 Å². The minimum absolute atomic E-state index is 0.137. The molecule has 0 saturated carbocycles. The number of hydrogen-bond acceptors (Lipinski definition) is 4. The number of rotatable bonds is 2. The van der Waals surface area contributed by atoms with Crippen molar-refractivity contribution in [2.75, 3.05) is 11.9 Å². The fraction of sp³-hybridized carbons (Fsp3) is 0.200. The van der Waals surface area contributed by atoms with Crippen molar-refractivity contribution in [2.24, 2.45) is 4.40 Å². The first-order valence-corrected chi connectivity index (χ1v) is 12.2. The van der Waals surface area contributed by atoms with E-state index in [4.69, 9.17) is 0 Å². The maximum absolute atomic E-state index is 13.2. The van der Waals surface area contributed by atoms with Crippen molar-refractivity contribution in [1.29, 1.82) is 0 Å². The summed E-state index contributed by atoms with van der Waals surface area (Å²) >= 11 is 0. The van der Waals surface area contributed by atoms with Crippen molar-refractivity contribution in [3.63, 3.8) is 0 Å². The Morgan fingerprint density at radius 3 is 2.56 bits per heavy atom. The van der Waals surface area contributed by atoms with Crippen molar-refractivity contribution in [3.05, 3.63) is 83.4 Å². The van der Waals surface area contributed by atoms with Gasteiger partial charge in [-0.2, -0.15) is 8.42 Å². The van der Waals surface area contributed by atoms with E-state index in [0.29, 0.717) is 24.4 Å². The number of carbonyl (C=O) groups is 1. The third kappa shape index (κ3) is 2.96. The maximum atomic E-state index is 13.2. The first-order valence-electron chi connectivity index (χ1n) is 10.7. The van der Waals surface area contributed by atoms with E-state index >= 15 is 0 Å². The molecule has 0 bridgehead atoms. The molecule has 6 rings (SSSR count). The molecule has 0 aromatic heterocycles. The topological polar surface area (TPSA) is 78.8 Å². The fourth-order valence-corrected chi connectivity index (χ4v) is 6.25. The summed E-state index contributed by atoms with van der Waals surface area (Å²) in [5, 5.41) is 3.05. The van der Waals surface area contributed by atoms with Gasteiger partial charge >= 0.3 is 0 Å². The Bertz CT molecular complexity index is 1410. The van der Waals surface area contributed by atoms with Crippen LogP contribution < -0.4 is 5.32 Å². The number of sulfonamides is 1. The van der Waals surface area contributed by atoms with E-state index in [9.17, 15) is 13.2 Å². The molecule has 1 saturated heterocycles. The lowest BCUT2D eigenvalue weighted by Crippen LogP contribution is -2.43. The summed E-state index contributed by atoms with van der Waals surface area (Å²) in [5.41, 5.74) is 6.29. The molecule has 6 nitrogen and oxygen atoms in total. The Labute approximate surface area is 186 Å². The van der Waals surface area contributed by atoms with Gasteiger partial charge in [0.1, 0.15) is 10.9 Å². The van der Waals surface area contributed by atoms with E-state index in [1.165, 1.54) is 22.3 Å². The SMILES string of the molecule is O=C(Nc1ccc2c(c1)Cc1ccccc1-2)[C@@H]1CCCN1C1=NS(=O)(=O)c2ccccc21. The minimum Gasteiger partial charge on any atom is -0.343 e. The van der Waals surface area contributed by atoms with E-state index in [1.807, 2.05) is 29.2 Å². The van der Waals surface area contributed by atoms with Gasteiger partial charge in [0.25, 0.3) is 10.0 Å². The molecule has 1 aliphatic carbocycles. The van der Waals surface area contributed by atoms with Crippen LogP contribution in [0.25, 0.3) is 11.1 Å². The zero-order valence-electron chi connectivity index (χ0n) is 17.3. The summed E-state index contributed by atoms with van der Waals surface area (Å²) in [5.74, 6) is 0.241. The van der Waals surface area contributed by atoms with Crippen LogP contribution >= 0.6 is 0 Å². The monoisotopic (exact) mass is 443 g/mol. The van der Waals surface area contributed by atoms with Crippen molar-refractivity contribution in [1.82, 2.24) is 4.90 Å². The van der Waals surface area contributed by atoms with Gasteiger partial charge in [0.05, 0.1) is 0 Å². The Kier molecular flexibility index (Phi) is 4.23. The highest BCUT2D eigenvalue weighted by Gasteiger charge is 2.39. The molecule has 2 heterocycles. The zero-order valence-corrected chi connectivity index (χ0v) is 18.1. The number of anilines is 1. The van der Waals surface area contributed by atoms with E-state index in [1.54, 1.807) is 24.3 Å². The average molecular weight is 444 g/mol. The highest BCUT2D eigenvalue weighted by atomic mass is 32.2. The molecule has 0 spiro atoms. The predicted molar refractivity (Wildman–Crippen MR) is 123 cm³/mol. The molecule has 0 radical (unpaired) electrons. The summed E-state index contributed by atoms with van der Waals surface area (Å²) < 4.78 is 29.0. The van der Waals surface area contributed by atoms with E-state index in [2.05, 4.69) is 27.9 Å². The maximum Gasteiger partial charge on any atom is 0.285 e. The molecule has 160 valence electrons. The second-order valence-electron chi connectivity index (χ2n) is 8.43. The third-order valence-electron chi connectivity index (χ3n) is 6.50. The highest BCUT2D eigenvalue weighted by Crippen LogP contribution is 2.38. The Hall–Kier alpha value is -3.45. The second-order valence-corrected chi connectivity index (χ2v) is 10.0. The van der Waals surface area contributed by atoms with Crippen LogP contribution in [0.3, 0.4) is 0 Å². The zero-order chi connectivity index (χ0) is 21.9. The smallest absolute Gasteiger partial charge is 0.285 e. The highest BCUT2D eigenvalue weighted by molar-refractivity contribution is 7.90. The molecule has 3 aliphatic rings. The van der Waals surface area contributed by atoms with Gasteiger partial charge in [-0.25, -0.2) is 0 Å². The molecular weight excluding hydrogens is 422 g/mol. The number of likely N-dealkylation sites (tertiary alicyclic amines) is 1. The molecule has 0 unspecified atom stereocenters. The van der Waals surface area contributed by atoms with Gasteiger partial charge < -0.3 is 10.2 Å². The summed E-state index contributed by atoms with van der Waals surface area (Å²) in [4.78, 5) is 15.3. The van der Waals surface area contributed by atoms with Gasteiger partial charge in [-0.15, -0.1) is 4.40 Å². The van der Waals surface area contributed by atoms with Crippen LogP contribution in [0.4, 0.5) is 5.69 Å². The molecule has 2 aliphatic heterocycles. The van der Waals surface area contributed by atoms with Gasteiger partial charge in [-0.3, -0.25) is 4.79 Å². The summed E-state index contributed by atoms with van der Waals surface area (Å²) in [6.07, 6.45) is 2.32. The lowest BCUT2D eigenvalue weighted by molar-refractivity contribution is -0.119. The summed E-state index contributed by atoms with van der Waals surface area (Å²) in [6, 6.07) is 20.7. The molecule has 1 amide bonds. The van der Waals surface area contributed by atoms with Gasteiger partial charge in [0.15, 0.2) is 5.84 Å². The van der Waals surface area contributed by atoms with Gasteiger partial charge in [0, 0.05) is 17.8 Å². The molecule has 1 fully saturated rings. The molecule has 1 atom stereocenters. The Balaban J connectivity index is 1.26. The predicted octanol–water partition coefficient (Wildman–Crippen LogP) is 3.81. The van der Waals surface area contributed by atoms with Crippen LogP contribution in [0.2, 0.25) is 0 Å². The van der Waals surface area contributed by atoms with Gasteiger partial charge in [0.2, 0.25) is 5.91 Å². The fourth-order valence-electron chi connectivity index (χ4n) is 5.04. The number of amidine groups is 1. The second kappa shape index (κ2) is 7.03. The number of carbonyl (C=O) groups excluding carboxylic acids is 1. The lowest BCUT2D eigenvalue weighted by Gasteiger charge is -2.25. The van der Waals surface area contributed by atoms with Crippen LogP contribution in [0.5, 0.6) is 0 Å². The summed E-state index contributed by atoms with van der Waals surface area (Å²) in [7, 11) is -3.72. The third-order valence-corrected chi connectivity index (χ3v) is 7.83. The largest absolute Gasteiger partial charge is 0.343 e. The number of benzene rings is 3. The molecule has 3 aromatic rings. The minimum atomic E-state index is -3.72. The number of amides is 1. The number of nitrogens with zero attached hydrogens (tertiary/aromatic N) is 2. The van der Waals surface area contributed by atoms with Crippen molar-refractivity contribution in [3.8, 4) is 11.1 Å². The summed E-state index contributed by atoms with van der Waals surface area (Å²) in [6.45, 7) is 0.597. The lowest BCUT2D eigenvalue weighted by atomic mass is 10.1. The van der Waals surface area contributed by atoms with E-state index < -0.39 is 16.1 Å². The van der Waals surface area contributed by atoms with Crippen LogP contribution in [-0.4, -0.2) is 37.6 Å². The quantitative estimate of drug-likeness (QED) is 0.511. The van der Waals surface area contributed by atoms with Crippen molar-refractivity contribution < 1.29 is 13.2 Å². The van der Waals surface area contributed by atoms with Crippen molar-refractivity contribution in [2.45, 2.75) is 30.2 Å². The van der Waals surface area contributed by atoms with E-state index in [0.717, 1.165) is 18.5 Å². The number of fused-ring (bicyclic) bond motifs is 4. The normalized spacial score (nSPS) is 19.8. The van der Waals surface area contributed by atoms with Crippen molar-refractivity contribution >= 4 is 27.5 Å². The number of nitrogens with one attached hydrogen (secondary N) is 1. The Morgan fingerprint density at radius 1 is 0.938 bits per heavy atom. The first-order chi connectivity index (χ1) is 15.5. The Morgan fingerprint density at radius 2 is 1.69 bits per heavy atom. The molecule has 7 heteroatoms. The molecule has 32 heavy (non-hydrogen) atoms. The average Bonchev–Trinajstić information content (AvgIpc) is 3.48. The standard InChI is InChI=1S/C25H21N3O3S/c29-25(26-18-11-12-20-17(15-18)14-16-6-1-2-7-19(16)20)22-9-5-13-28(22)24-21-8-3-4-10-23(21)32(30,31)27-24/h1-4,6-8,10-12,15,22H,5,9,13-14H2,(H,26,29)/t22-/m0/s1. The molecule has 3 aromatic carbocycles. The first kappa shape index (κ1) is 19.3. The number of hydrogen-bond donors (Lipinski definition) is 1. The van der Waals surface area contributed by atoms with Gasteiger partial charge in [-0.05, 0) is 65.8 Å². The van der Waals surface area contributed by atoms with Crippen LogP contribution in [-0.2, 0) is 21.2 Å². The molecule has 1 N–H and O–H groups in total. The van der Waals surface area contributed by atoms with Crippen LogP contribution in [0.15, 0.2) is 76.0 Å². The van der Waals surface area contributed by atoms with Crippen LogP contribution in [0.1, 0.15) is 29.5 Å². The molecular formula is C25H21N3O3S. The van der Waals surface area contributed by atoms with Crippen LogP contribution in [0, 0.1) is 0 Å².